The highest BCUT2D eigenvalue weighted by Gasteiger charge is 2.13. The van der Waals surface area contributed by atoms with Crippen molar-refractivity contribution in [1.29, 1.82) is 0 Å². The number of nitrogens with one attached hydrogen (secondary N) is 1. The van der Waals surface area contributed by atoms with Crippen LogP contribution in [-0.2, 0) is 0 Å². The Kier molecular flexibility index (Phi) is 3.94. The highest BCUT2D eigenvalue weighted by Crippen LogP contribution is 2.40. The summed E-state index contributed by atoms with van der Waals surface area (Å²) in [6, 6.07) is 7.75. The van der Waals surface area contributed by atoms with Gasteiger partial charge in [-0.3, -0.25) is 0 Å². The Morgan fingerprint density at radius 1 is 1.00 bits per heavy atom. The molecule has 5 heteroatoms. The fourth-order valence-corrected chi connectivity index (χ4v) is 2.28. The van der Waals surface area contributed by atoms with Gasteiger partial charge in [0.25, 0.3) is 0 Å². The van der Waals surface area contributed by atoms with Gasteiger partial charge in [0, 0.05) is 17.8 Å². The summed E-state index contributed by atoms with van der Waals surface area (Å²) in [4.78, 5) is 0. The summed E-state index contributed by atoms with van der Waals surface area (Å²) in [6.45, 7) is 0. The van der Waals surface area contributed by atoms with E-state index in [9.17, 15) is 0 Å². The molecule has 1 heterocycles. The molecule has 0 fully saturated rings. The molecule has 96 valence electrons. The van der Waals surface area contributed by atoms with Gasteiger partial charge in [-0.25, -0.2) is 0 Å². The van der Waals surface area contributed by atoms with Crippen LogP contribution < -0.4 is 19.5 Å². The minimum absolute atomic E-state index is 0.594. The number of anilines is 2. The van der Waals surface area contributed by atoms with Crippen LogP contribution in [-0.4, -0.2) is 21.3 Å². The van der Waals surface area contributed by atoms with Crippen molar-refractivity contribution >= 4 is 22.0 Å². The summed E-state index contributed by atoms with van der Waals surface area (Å²) in [6.07, 6.45) is 0. The van der Waals surface area contributed by atoms with Gasteiger partial charge < -0.3 is 19.5 Å². The Morgan fingerprint density at radius 2 is 1.67 bits per heavy atom. The van der Waals surface area contributed by atoms with E-state index in [1.165, 1.54) is 0 Å². The zero-order valence-corrected chi connectivity index (χ0v) is 11.3. The summed E-state index contributed by atoms with van der Waals surface area (Å²) >= 11 is 1.63. The van der Waals surface area contributed by atoms with E-state index in [1.54, 1.807) is 32.7 Å². The predicted molar refractivity (Wildman–Crippen MR) is 73.7 cm³/mol. The molecule has 0 radical (unpaired) electrons. The quantitative estimate of drug-likeness (QED) is 0.898. The summed E-state index contributed by atoms with van der Waals surface area (Å²) in [5.74, 6) is 1.86. The van der Waals surface area contributed by atoms with Crippen molar-refractivity contribution < 1.29 is 14.2 Å². The lowest BCUT2D eigenvalue weighted by Gasteiger charge is -2.14. The molecule has 4 nitrogen and oxygen atoms in total. The van der Waals surface area contributed by atoms with Gasteiger partial charge in [0.2, 0.25) is 5.75 Å². The standard InChI is InChI=1S/C13H15NO3S/c1-15-10-7-9(14-12-5-4-6-18-12)8-11(16-2)13(10)17-3/h4-8,14H,1-3H3. The largest absolute Gasteiger partial charge is 0.493 e. The molecule has 0 bridgehead atoms. The van der Waals surface area contributed by atoms with Crippen LogP contribution in [0.3, 0.4) is 0 Å². The highest BCUT2D eigenvalue weighted by atomic mass is 32.1. The maximum absolute atomic E-state index is 5.30. The van der Waals surface area contributed by atoms with Crippen molar-refractivity contribution in [2.75, 3.05) is 26.6 Å². The summed E-state index contributed by atoms with van der Waals surface area (Å²) in [7, 11) is 4.80. The maximum atomic E-state index is 5.30. The molecule has 18 heavy (non-hydrogen) atoms. The Bertz CT molecular complexity index is 486. The van der Waals surface area contributed by atoms with Crippen LogP contribution in [0.4, 0.5) is 10.7 Å². The number of hydrogen-bond acceptors (Lipinski definition) is 5. The van der Waals surface area contributed by atoms with Crippen LogP contribution in [0.2, 0.25) is 0 Å². The van der Waals surface area contributed by atoms with Gasteiger partial charge >= 0.3 is 0 Å². The van der Waals surface area contributed by atoms with Gasteiger partial charge in [-0.1, -0.05) is 0 Å². The molecular weight excluding hydrogens is 250 g/mol. The topological polar surface area (TPSA) is 39.7 Å². The molecule has 2 rings (SSSR count). The number of thiophene rings is 1. The molecule has 1 aromatic carbocycles. The van der Waals surface area contributed by atoms with E-state index in [2.05, 4.69) is 5.32 Å². The Hall–Kier alpha value is -1.88. The molecule has 0 saturated heterocycles. The van der Waals surface area contributed by atoms with Crippen molar-refractivity contribution in [1.82, 2.24) is 0 Å². The lowest BCUT2D eigenvalue weighted by Crippen LogP contribution is -1.97. The Balaban J connectivity index is 2.37. The third-order valence-corrected chi connectivity index (χ3v) is 3.24. The normalized spacial score (nSPS) is 9.94. The molecule has 0 unspecified atom stereocenters. The Morgan fingerprint density at radius 3 is 2.11 bits per heavy atom. The summed E-state index contributed by atoms with van der Waals surface area (Å²) < 4.78 is 15.9. The number of benzene rings is 1. The highest BCUT2D eigenvalue weighted by molar-refractivity contribution is 7.14. The lowest BCUT2D eigenvalue weighted by atomic mass is 10.2. The maximum Gasteiger partial charge on any atom is 0.203 e. The third kappa shape index (κ3) is 2.51. The first kappa shape index (κ1) is 12.6. The van der Waals surface area contributed by atoms with Crippen LogP contribution in [0.5, 0.6) is 17.2 Å². The summed E-state index contributed by atoms with van der Waals surface area (Å²) in [5.41, 5.74) is 0.895. The van der Waals surface area contributed by atoms with E-state index >= 15 is 0 Å². The third-order valence-electron chi connectivity index (χ3n) is 2.45. The second kappa shape index (κ2) is 5.64. The number of rotatable bonds is 5. The van der Waals surface area contributed by atoms with Crippen LogP contribution in [0.15, 0.2) is 29.6 Å². The molecule has 0 amide bonds. The van der Waals surface area contributed by atoms with E-state index in [0.29, 0.717) is 17.2 Å². The van der Waals surface area contributed by atoms with E-state index in [0.717, 1.165) is 10.7 Å². The molecule has 0 aliphatic carbocycles. The van der Waals surface area contributed by atoms with Gasteiger partial charge in [0.15, 0.2) is 11.5 Å². The van der Waals surface area contributed by atoms with E-state index in [1.807, 2.05) is 29.6 Å². The van der Waals surface area contributed by atoms with Gasteiger partial charge in [0.1, 0.15) is 0 Å². The first-order valence-electron chi connectivity index (χ1n) is 5.39. The molecule has 1 N–H and O–H groups in total. The molecule has 2 aromatic rings. The van der Waals surface area contributed by atoms with Crippen molar-refractivity contribution in [3.8, 4) is 17.2 Å². The van der Waals surface area contributed by atoms with E-state index in [-0.39, 0.29) is 0 Å². The lowest BCUT2D eigenvalue weighted by molar-refractivity contribution is 0.324. The summed E-state index contributed by atoms with van der Waals surface area (Å²) in [5, 5.41) is 6.36. The minimum atomic E-state index is 0.594. The fraction of sp³-hybridized carbons (Fsp3) is 0.231. The molecule has 1 aromatic heterocycles. The first-order chi connectivity index (χ1) is 8.78. The van der Waals surface area contributed by atoms with Gasteiger partial charge in [-0.05, 0) is 17.5 Å². The number of hydrogen-bond donors (Lipinski definition) is 1. The zero-order chi connectivity index (χ0) is 13.0. The zero-order valence-electron chi connectivity index (χ0n) is 10.5. The van der Waals surface area contributed by atoms with Crippen molar-refractivity contribution in [2.24, 2.45) is 0 Å². The SMILES string of the molecule is COc1cc(Nc2cccs2)cc(OC)c1OC. The van der Waals surface area contributed by atoms with Crippen LogP contribution in [0.25, 0.3) is 0 Å². The monoisotopic (exact) mass is 265 g/mol. The van der Waals surface area contributed by atoms with Crippen molar-refractivity contribution in [3.05, 3.63) is 29.6 Å². The molecule has 0 aliphatic rings. The van der Waals surface area contributed by atoms with Crippen LogP contribution >= 0.6 is 11.3 Å². The van der Waals surface area contributed by atoms with Crippen LogP contribution in [0, 0.1) is 0 Å². The average molecular weight is 265 g/mol. The van der Waals surface area contributed by atoms with Crippen molar-refractivity contribution in [3.63, 3.8) is 0 Å². The number of ether oxygens (including phenoxy) is 3. The molecule has 0 atom stereocenters. The minimum Gasteiger partial charge on any atom is -0.493 e. The van der Waals surface area contributed by atoms with Gasteiger partial charge in [0.05, 0.1) is 26.3 Å². The number of methoxy groups -OCH3 is 3. The molecule has 0 saturated carbocycles. The van der Waals surface area contributed by atoms with Crippen molar-refractivity contribution in [2.45, 2.75) is 0 Å². The van der Waals surface area contributed by atoms with Gasteiger partial charge in [-0.15, -0.1) is 11.3 Å². The van der Waals surface area contributed by atoms with E-state index in [4.69, 9.17) is 14.2 Å². The van der Waals surface area contributed by atoms with Gasteiger partial charge in [-0.2, -0.15) is 0 Å². The molecule has 0 aliphatic heterocycles. The smallest absolute Gasteiger partial charge is 0.203 e. The van der Waals surface area contributed by atoms with Crippen LogP contribution in [0.1, 0.15) is 0 Å². The predicted octanol–water partition coefficient (Wildman–Crippen LogP) is 3.52. The average Bonchev–Trinajstić information content (AvgIpc) is 2.90. The van der Waals surface area contributed by atoms with E-state index < -0.39 is 0 Å². The first-order valence-corrected chi connectivity index (χ1v) is 6.27. The fourth-order valence-electron chi connectivity index (χ4n) is 1.65. The second-order valence-corrected chi connectivity index (χ2v) is 4.46. The molecule has 0 spiro atoms. The second-order valence-electron chi connectivity index (χ2n) is 3.52. The molecular formula is C13H15NO3S. The Labute approximate surface area is 110 Å².